The Morgan fingerprint density at radius 1 is 2.00 bits per heavy atom. The van der Waals surface area contributed by atoms with Crippen LogP contribution in [0, 0.1) is 6.92 Å². The van der Waals surface area contributed by atoms with Crippen molar-refractivity contribution in [3.63, 3.8) is 0 Å². The van der Waals surface area contributed by atoms with E-state index >= 15 is 0 Å². The summed E-state index contributed by atoms with van der Waals surface area (Å²) >= 11 is 4.30. The van der Waals surface area contributed by atoms with Crippen LogP contribution in [0.1, 0.15) is 0 Å². The number of carbonyl (C=O) groups excluding carboxylic acids is 1. The van der Waals surface area contributed by atoms with Gasteiger partial charge in [-0.2, -0.15) is 0 Å². The largest absolute Gasteiger partial charge is 0.281 e. The summed E-state index contributed by atoms with van der Waals surface area (Å²) in [6, 6.07) is 0. The molecule has 0 aliphatic rings. The smallest absolute Gasteiger partial charge is 0.231 e. The minimum atomic E-state index is -1.11. The lowest BCUT2D eigenvalue weighted by atomic mass is 10.9. The molecule has 0 aliphatic heterocycles. The third-order valence-electron chi connectivity index (χ3n) is 0. The van der Waals surface area contributed by atoms with E-state index in [1.165, 1.54) is 0 Å². The molecule has 0 unspecified atom stereocenters. The monoisotopic (exact) mass is 75.0 g/mol. The van der Waals surface area contributed by atoms with Crippen molar-refractivity contribution in [1.29, 1.82) is 0 Å². The summed E-state index contributed by atoms with van der Waals surface area (Å²) in [5.74, 6) is 0. The molecular weight excluding hydrogens is 75.5 g/mol. The molecule has 0 saturated carbocycles. The molecule has 0 fully saturated rings. The van der Waals surface area contributed by atoms with Gasteiger partial charge in [-0.25, -0.2) is 0 Å². The van der Waals surface area contributed by atoms with E-state index in [-0.39, 0.29) is 0 Å². The molecule has 0 N–H and O–H groups in total. The van der Waals surface area contributed by atoms with Gasteiger partial charge in [0.05, 0.1) is 6.92 Å². The third kappa shape index (κ3) is 1130. The first-order chi connectivity index (χ1) is 1.73. The molecular formula is C2ClO. The molecule has 1 nitrogen and oxygen atoms in total. The van der Waals surface area contributed by atoms with Crippen molar-refractivity contribution in [3.8, 4) is 0 Å². The van der Waals surface area contributed by atoms with E-state index in [1.807, 2.05) is 0 Å². The highest BCUT2D eigenvalue weighted by Gasteiger charge is 1.69. The van der Waals surface area contributed by atoms with Crippen molar-refractivity contribution in [2.75, 3.05) is 0 Å². The van der Waals surface area contributed by atoms with Gasteiger partial charge in [-0.1, -0.05) is 0 Å². The Morgan fingerprint density at radius 3 is 2.00 bits per heavy atom. The summed E-state index contributed by atoms with van der Waals surface area (Å²) in [4.78, 5) is 8.88. The van der Waals surface area contributed by atoms with Crippen molar-refractivity contribution in [3.05, 3.63) is 6.92 Å². The quantitative estimate of drug-likeness (QED) is 0.380. The maximum absolute atomic E-state index is 8.88. The molecule has 0 bridgehead atoms. The molecule has 0 amide bonds. The molecule has 0 aromatic rings. The van der Waals surface area contributed by atoms with Crippen LogP contribution in [0.4, 0.5) is 0 Å². The maximum atomic E-state index is 8.88. The lowest BCUT2D eigenvalue weighted by Crippen LogP contribution is -1.63. The van der Waals surface area contributed by atoms with Crippen LogP contribution in [0.2, 0.25) is 0 Å². The summed E-state index contributed by atoms with van der Waals surface area (Å²) in [5.41, 5.74) is 0. The minimum Gasteiger partial charge on any atom is -0.281 e. The zero-order valence-corrected chi connectivity index (χ0v) is 2.54. The third-order valence-corrected chi connectivity index (χ3v) is 0. The van der Waals surface area contributed by atoms with Gasteiger partial charge in [-0.05, 0) is 11.6 Å². The molecule has 0 rings (SSSR count). The van der Waals surface area contributed by atoms with E-state index in [1.54, 1.807) is 0 Å². The second-order valence-corrected chi connectivity index (χ2v) is 0.617. The topological polar surface area (TPSA) is 17.1 Å². The van der Waals surface area contributed by atoms with Crippen LogP contribution >= 0.6 is 11.6 Å². The van der Waals surface area contributed by atoms with E-state index in [9.17, 15) is 0 Å². The lowest BCUT2D eigenvalue weighted by Gasteiger charge is -1.50. The van der Waals surface area contributed by atoms with Crippen LogP contribution in [0.25, 0.3) is 0 Å². The first-order valence-corrected chi connectivity index (χ1v) is 1.02. The summed E-state index contributed by atoms with van der Waals surface area (Å²) in [6.07, 6.45) is 0. The molecule has 0 atom stereocenters. The summed E-state index contributed by atoms with van der Waals surface area (Å²) < 4.78 is 0. The SMILES string of the molecule is [C]C(=O)Cl. The maximum Gasteiger partial charge on any atom is 0.231 e. The number of hydrogen-bond acceptors (Lipinski definition) is 1. The van der Waals surface area contributed by atoms with Crippen molar-refractivity contribution in [1.82, 2.24) is 0 Å². The highest BCUT2D eigenvalue weighted by atomic mass is 35.5. The Bertz CT molecular complexity index is 29.0. The first kappa shape index (κ1) is 3.96. The zero-order chi connectivity index (χ0) is 3.58. The second-order valence-electron chi connectivity index (χ2n) is 0.274. The van der Waals surface area contributed by atoms with E-state index in [0.29, 0.717) is 0 Å². The van der Waals surface area contributed by atoms with Gasteiger partial charge in [-0.3, -0.25) is 4.79 Å². The fourth-order valence-corrected chi connectivity index (χ4v) is 0. The zero-order valence-electron chi connectivity index (χ0n) is 1.79. The Balaban J connectivity index is 2.80. The van der Waals surface area contributed by atoms with Gasteiger partial charge in [0.25, 0.3) is 0 Å². The molecule has 21 valence electrons. The number of hydrogen-bond donors (Lipinski definition) is 0. The summed E-state index contributed by atoms with van der Waals surface area (Å²) in [7, 11) is 0. The number of halogens is 1. The molecule has 4 heavy (non-hydrogen) atoms. The van der Waals surface area contributed by atoms with Crippen LogP contribution in [0.15, 0.2) is 0 Å². The van der Waals surface area contributed by atoms with E-state index in [4.69, 9.17) is 11.7 Å². The van der Waals surface area contributed by atoms with Crippen molar-refractivity contribution in [2.24, 2.45) is 0 Å². The van der Waals surface area contributed by atoms with E-state index in [2.05, 4.69) is 11.6 Å². The van der Waals surface area contributed by atoms with Crippen molar-refractivity contribution < 1.29 is 4.79 Å². The van der Waals surface area contributed by atoms with Gasteiger partial charge < -0.3 is 0 Å². The Kier molecular flexibility index (Phi) is 1.28. The normalized spacial score (nSPS) is 6.50. The van der Waals surface area contributed by atoms with Gasteiger partial charge in [0.1, 0.15) is 0 Å². The predicted molar refractivity (Wildman–Crippen MR) is 14.1 cm³/mol. The summed E-state index contributed by atoms with van der Waals surface area (Å²) in [6.45, 7) is 5.71. The molecule has 0 spiro atoms. The fraction of sp³-hybridized carbons (Fsp3) is 0. The molecule has 0 aromatic heterocycles. The minimum absolute atomic E-state index is 1.11. The van der Waals surface area contributed by atoms with Gasteiger partial charge >= 0.3 is 0 Å². The van der Waals surface area contributed by atoms with Crippen LogP contribution in [0.5, 0.6) is 0 Å². The van der Waals surface area contributed by atoms with Gasteiger partial charge in [0.2, 0.25) is 5.24 Å². The van der Waals surface area contributed by atoms with Gasteiger partial charge in [0.15, 0.2) is 0 Å². The van der Waals surface area contributed by atoms with Crippen LogP contribution in [-0.2, 0) is 4.79 Å². The van der Waals surface area contributed by atoms with Gasteiger partial charge in [0, 0.05) is 0 Å². The highest BCUT2D eigenvalue weighted by Crippen LogP contribution is 1.66. The molecule has 0 saturated heterocycles. The Labute approximate surface area is 29.6 Å². The Morgan fingerprint density at radius 2 is 2.00 bits per heavy atom. The van der Waals surface area contributed by atoms with E-state index < -0.39 is 5.24 Å². The molecule has 0 heterocycles. The van der Waals surface area contributed by atoms with Crippen molar-refractivity contribution >= 4 is 16.8 Å². The number of carbonyl (C=O) groups is 1. The first-order valence-electron chi connectivity index (χ1n) is 0.643. The highest BCUT2D eigenvalue weighted by molar-refractivity contribution is 6.64. The average Bonchev–Trinajstić information content (AvgIpc) is 0.811. The lowest BCUT2D eigenvalue weighted by molar-refractivity contribution is -0.107. The van der Waals surface area contributed by atoms with Crippen LogP contribution < -0.4 is 0 Å². The molecule has 2 heteroatoms. The average molecular weight is 75.5 g/mol. The predicted octanol–water partition coefficient (Wildman–Crippen LogP) is 0.340. The van der Waals surface area contributed by atoms with Crippen LogP contribution in [-0.4, -0.2) is 5.24 Å². The molecule has 0 aromatic carbocycles. The summed E-state index contributed by atoms with van der Waals surface area (Å²) in [5, 5.41) is -1.11. The molecule has 0 aliphatic carbocycles. The Hall–Kier alpha value is -0.0400. The van der Waals surface area contributed by atoms with Crippen molar-refractivity contribution in [2.45, 2.75) is 0 Å². The van der Waals surface area contributed by atoms with Gasteiger partial charge in [-0.15, -0.1) is 0 Å². The standard InChI is InChI=1S/C2ClO/c1-2(3)4. The fourth-order valence-electron chi connectivity index (χ4n) is 0. The second kappa shape index (κ2) is 1.30. The van der Waals surface area contributed by atoms with E-state index in [0.717, 1.165) is 0 Å². The van der Waals surface area contributed by atoms with Crippen LogP contribution in [0.3, 0.4) is 0 Å². The molecule has 3 radical (unpaired) electrons. The number of rotatable bonds is 0.